The summed E-state index contributed by atoms with van der Waals surface area (Å²) in [7, 11) is 0. The van der Waals surface area contributed by atoms with Crippen molar-refractivity contribution in [2.45, 2.75) is 18.9 Å². The summed E-state index contributed by atoms with van der Waals surface area (Å²) in [6.07, 6.45) is 3.73. The molecule has 1 amide bonds. The number of nitrogens with zero attached hydrogens (tertiary/aromatic N) is 3. The molecule has 23 heavy (non-hydrogen) atoms. The molecule has 1 aliphatic rings. The van der Waals surface area contributed by atoms with E-state index in [2.05, 4.69) is 15.3 Å². The van der Waals surface area contributed by atoms with E-state index in [-0.39, 0.29) is 11.8 Å². The first-order valence-electron chi connectivity index (χ1n) is 7.29. The molecular formula is C15H16N4O3S. The number of ketones is 1. The number of piperidine rings is 1. The van der Waals surface area contributed by atoms with Crippen molar-refractivity contribution in [1.82, 2.24) is 14.9 Å². The maximum absolute atomic E-state index is 12.3. The minimum Gasteiger partial charge on any atom is -0.465 e. The molecule has 1 saturated heterocycles. The van der Waals surface area contributed by atoms with E-state index >= 15 is 0 Å². The Morgan fingerprint density at radius 2 is 2.04 bits per heavy atom. The number of carboxylic acid groups (broad SMARTS) is 1. The normalized spacial score (nSPS) is 15.4. The third kappa shape index (κ3) is 3.65. The van der Waals surface area contributed by atoms with Gasteiger partial charge in [0.15, 0.2) is 5.13 Å². The largest absolute Gasteiger partial charge is 0.465 e. The third-order valence-corrected chi connectivity index (χ3v) is 4.65. The number of amides is 1. The lowest BCUT2D eigenvalue weighted by atomic mass is 10.1. The Kier molecular flexibility index (Phi) is 4.52. The Hall–Kier alpha value is -2.48. The lowest BCUT2D eigenvalue weighted by Gasteiger charge is -2.30. The number of pyridine rings is 1. The first-order chi connectivity index (χ1) is 11.1. The van der Waals surface area contributed by atoms with Crippen molar-refractivity contribution >= 4 is 28.3 Å². The summed E-state index contributed by atoms with van der Waals surface area (Å²) in [4.78, 5) is 33.4. The van der Waals surface area contributed by atoms with E-state index in [1.54, 1.807) is 30.6 Å². The molecule has 120 valence electrons. The fourth-order valence-corrected chi connectivity index (χ4v) is 3.30. The first kappa shape index (κ1) is 15.4. The Labute approximate surface area is 137 Å². The lowest BCUT2D eigenvalue weighted by molar-refractivity contribution is 0.103. The van der Waals surface area contributed by atoms with Crippen LogP contribution in [0.25, 0.3) is 0 Å². The van der Waals surface area contributed by atoms with Crippen LogP contribution in [-0.4, -0.2) is 51.0 Å². The highest BCUT2D eigenvalue weighted by molar-refractivity contribution is 7.17. The van der Waals surface area contributed by atoms with E-state index in [1.807, 2.05) is 0 Å². The summed E-state index contributed by atoms with van der Waals surface area (Å²) in [5, 5.41) is 12.9. The van der Waals surface area contributed by atoms with Crippen molar-refractivity contribution in [3.05, 3.63) is 41.2 Å². The second-order valence-electron chi connectivity index (χ2n) is 5.26. The number of carbonyl (C=O) groups excluding carboxylic acids is 1. The number of anilines is 1. The maximum atomic E-state index is 12.3. The summed E-state index contributed by atoms with van der Waals surface area (Å²) >= 11 is 1.29. The molecular weight excluding hydrogens is 316 g/mol. The fraction of sp³-hybridized carbons (Fsp3) is 0.333. The molecule has 3 rings (SSSR count). The molecule has 7 nitrogen and oxygen atoms in total. The first-order valence-corrected chi connectivity index (χ1v) is 8.11. The minimum absolute atomic E-state index is 0.142. The number of aromatic nitrogens is 2. The van der Waals surface area contributed by atoms with E-state index in [0.717, 1.165) is 12.8 Å². The zero-order chi connectivity index (χ0) is 16.2. The number of rotatable bonds is 4. The second kappa shape index (κ2) is 6.74. The molecule has 0 spiro atoms. The van der Waals surface area contributed by atoms with Crippen LogP contribution in [-0.2, 0) is 0 Å². The average molecular weight is 332 g/mol. The zero-order valence-corrected chi connectivity index (χ0v) is 13.1. The van der Waals surface area contributed by atoms with E-state index in [9.17, 15) is 9.59 Å². The molecule has 2 aromatic heterocycles. The van der Waals surface area contributed by atoms with E-state index in [1.165, 1.54) is 16.2 Å². The van der Waals surface area contributed by atoms with Gasteiger partial charge in [-0.25, -0.2) is 9.78 Å². The van der Waals surface area contributed by atoms with Crippen LogP contribution in [0.15, 0.2) is 30.6 Å². The van der Waals surface area contributed by atoms with Gasteiger partial charge in [0, 0.05) is 25.3 Å². The Balaban J connectivity index is 1.60. The molecule has 8 heteroatoms. The fourth-order valence-electron chi connectivity index (χ4n) is 2.46. The molecule has 2 aromatic rings. The van der Waals surface area contributed by atoms with Gasteiger partial charge in [-0.3, -0.25) is 9.78 Å². The molecule has 2 N–H and O–H groups in total. The molecule has 0 aromatic carbocycles. The SMILES string of the molecule is O=C(c1ccccn1)c1cnc(NC2CCN(C(=O)O)CC2)s1. The minimum atomic E-state index is -0.874. The standard InChI is InChI=1S/C15H16N4O3S/c20-13(11-3-1-2-6-16-11)12-9-17-14(23-12)18-10-4-7-19(8-5-10)15(21)22/h1-3,6,9-10H,4-5,7-8H2,(H,17,18)(H,21,22). The number of carbonyl (C=O) groups is 2. The predicted octanol–water partition coefficient (Wildman–Crippen LogP) is 2.32. The van der Waals surface area contributed by atoms with Crippen LogP contribution in [0.1, 0.15) is 28.2 Å². The molecule has 0 aliphatic carbocycles. The molecule has 0 bridgehead atoms. The lowest BCUT2D eigenvalue weighted by Crippen LogP contribution is -2.41. The average Bonchev–Trinajstić information content (AvgIpc) is 3.04. The Morgan fingerprint density at radius 3 is 2.70 bits per heavy atom. The number of hydrogen-bond donors (Lipinski definition) is 2. The van der Waals surface area contributed by atoms with Gasteiger partial charge in [0.05, 0.1) is 11.1 Å². The van der Waals surface area contributed by atoms with Crippen LogP contribution in [0, 0.1) is 0 Å². The van der Waals surface area contributed by atoms with E-state index < -0.39 is 6.09 Å². The van der Waals surface area contributed by atoms with E-state index in [0.29, 0.717) is 28.8 Å². The third-order valence-electron chi connectivity index (χ3n) is 3.72. The summed E-state index contributed by atoms with van der Waals surface area (Å²) in [5.74, 6) is -0.142. The highest BCUT2D eigenvalue weighted by Crippen LogP contribution is 2.23. The highest BCUT2D eigenvalue weighted by atomic mass is 32.1. The topological polar surface area (TPSA) is 95.4 Å². The number of thiazole rings is 1. The highest BCUT2D eigenvalue weighted by Gasteiger charge is 2.23. The summed E-state index contributed by atoms with van der Waals surface area (Å²) in [6, 6.07) is 5.39. The molecule has 0 radical (unpaired) electrons. The predicted molar refractivity (Wildman–Crippen MR) is 86.0 cm³/mol. The van der Waals surface area contributed by atoms with Crippen LogP contribution in [0.2, 0.25) is 0 Å². The number of hydrogen-bond acceptors (Lipinski definition) is 6. The second-order valence-corrected chi connectivity index (χ2v) is 6.29. The van der Waals surface area contributed by atoms with Crippen molar-refractivity contribution < 1.29 is 14.7 Å². The molecule has 0 saturated carbocycles. The van der Waals surface area contributed by atoms with Gasteiger partial charge in [0.2, 0.25) is 5.78 Å². The van der Waals surface area contributed by atoms with Gasteiger partial charge in [0.25, 0.3) is 0 Å². The smallest absolute Gasteiger partial charge is 0.407 e. The monoisotopic (exact) mass is 332 g/mol. The van der Waals surface area contributed by atoms with Crippen LogP contribution >= 0.6 is 11.3 Å². The summed E-state index contributed by atoms with van der Waals surface area (Å²) in [6.45, 7) is 1.02. The van der Waals surface area contributed by atoms with Crippen LogP contribution in [0.4, 0.5) is 9.93 Å². The molecule has 0 unspecified atom stereocenters. The zero-order valence-electron chi connectivity index (χ0n) is 12.3. The van der Waals surface area contributed by atoms with Gasteiger partial charge in [-0.05, 0) is 25.0 Å². The molecule has 3 heterocycles. The Bertz CT molecular complexity index is 696. The van der Waals surface area contributed by atoms with Crippen molar-refractivity contribution in [3.63, 3.8) is 0 Å². The van der Waals surface area contributed by atoms with E-state index in [4.69, 9.17) is 5.11 Å². The summed E-state index contributed by atoms with van der Waals surface area (Å²) in [5.41, 5.74) is 0.400. The van der Waals surface area contributed by atoms with Crippen molar-refractivity contribution in [3.8, 4) is 0 Å². The van der Waals surface area contributed by atoms with Crippen molar-refractivity contribution in [1.29, 1.82) is 0 Å². The quantitative estimate of drug-likeness (QED) is 0.834. The van der Waals surface area contributed by atoms with Gasteiger partial charge in [-0.15, -0.1) is 0 Å². The van der Waals surface area contributed by atoms with Crippen LogP contribution in [0.3, 0.4) is 0 Å². The van der Waals surface area contributed by atoms with Crippen molar-refractivity contribution in [2.75, 3.05) is 18.4 Å². The summed E-state index contributed by atoms with van der Waals surface area (Å²) < 4.78 is 0. The number of likely N-dealkylation sites (tertiary alicyclic amines) is 1. The maximum Gasteiger partial charge on any atom is 0.407 e. The van der Waals surface area contributed by atoms with Crippen LogP contribution in [0.5, 0.6) is 0 Å². The van der Waals surface area contributed by atoms with Gasteiger partial charge in [-0.1, -0.05) is 17.4 Å². The Morgan fingerprint density at radius 1 is 1.26 bits per heavy atom. The molecule has 0 atom stereocenters. The van der Waals surface area contributed by atoms with Crippen LogP contribution < -0.4 is 5.32 Å². The van der Waals surface area contributed by atoms with Gasteiger partial charge < -0.3 is 15.3 Å². The number of nitrogens with one attached hydrogen (secondary N) is 1. The van der Waals surface area contributed by atoms with Gasteiger partial charge >= 0.3 is 6.09 Å². The molecule has 1 aliphatic heterocycles. The van der Waals surface area contributed by atoms with Crippen molar-refractivity contribution in [2.24, 2.45) is 0 Å². The van der Waals surface area contributed by atoms with Gasteiger partial charge in [-0.2, -0.15) is 0 Å². The van der Waals surface area contributed by atoms with Gasteiger partial charge in [0.1, 0.15) is 5.69 Å². The molecule has 1 fully saturated rings.